The molecule has 0 radical (unpaired) electrons. The Hall–Kier alpha value is -3.94. The van der Waals surface area contributed by atoms with E-state index < -0.39 is 0 Å². The highest BCUT2D eigenvalue weighted by atomic mass is 16.5. The van der Waals surface area contributed by atoms with Crippen LogP contribution in [0.25, 0.3) is 0 Å². The van der Waals surface area contributed by atoms with Gasteiger partial charge in [-0.2, -0.15) is 0 Å². The number of hydrogen-bond acceptors (Lipinski definition) is 5. The molecule has 2 heterocycles. The molecule has 8 heteroatoms. The van der Waals surface area contributed by atoms with Crippen molar-refractivity contribution in [3.63, 3.8) is 0 Å². The summed E-state index contributed by atoms with van der Waals surface area (Å²) in [4.78, 5) is 27.3. The number of methoxy groups -OCH3 is 2. The molecule has 2 amide bonds. The summed E-state index contributed by atoms with van der Waals surface area (Å²) in [6, 6.07) is 15.8. The molecule has 1 aliphatic rings. The zero-order chi connectivity index (χ0) is 24.1. The number of nitrogens with zero attached hydrogens (tertiary/aromatic N) is 2. The normalized spacial score (nSPS) is 15.1. The molecule has 1 aliphatic heterocycles. The number of amides is 2. The number of aromatic nitrogens is 1. The van der Waals surface area contributed by atoms with Crippen LogP contribution in [0.1, 0.15) is 41.0 Å². The Morgan fingerprint density at radius 1 is 1.00 bits per heavy atom. The molecule has 178 valence electrons. The number of hydrogen-bond donors (Lipinski definition) is 1. The third-order valence-corrected chi connectivity index (χ3v) is 5.85. The second kappa shape index (κ2) is 10.3. The number of fused-ring (bicyclic) bond motifs is 1. The Morgan fingerprint density at radius 2 is 1.71 bits per heavy atom. The summed E-state index contributed by atoms with van der Waals surface area (Å²) in [6.07, 6.45) is 2.85. The number of anilines is 1. The molecule has 8 nitrogen and oxygen atoms in total. The molecule has 1 N–H and O–H groups in total. The lowest BCUT2D eigenvalue weighted by Crippen LogP contribution is -2.38. The molecule has 34 heavy (non-hydrogen) atoms. The molecule has 0 bridgehead atoms. The number of ether oxygens (including phenoxy) is 3. The van der Waals surface area contributed by atoms with Gasteiger partial charge in [-0.05, 0) is 67.4 Å². The number of nitrogens with one attached hydrogen (secondary N) is 1. The summed E-state index contributed by atoms with van der Waals surface area (Å²) in [6.45, 7) is 3.46. The van der Waals surface area contributed by atoms with E-state index in [0.29, 0.717) is 35.9 Å². The van der Waals surface area contributed by atoms with Crippen molar-refractivity contribution in [2.45, 2.75) is 25.9 Å². The summed E-state index contributed by atoms with van der Waals surface area (Å²) in [5, 5.41) is 2.98. The highest BCUT2D eigenvalue weighted by molar-refractivity contribution is 5.92. The number of benzene rings is 2. The van der Waals surface area contributed by atoms with Gasteiger partial charge in [0.25, 0.3) is 0 Å². The van der Waals surface area contributed by atoms with Crippen LogP contribution >= 0.6 is 0 Å². The summed E-state index contributed by atoms with van der Waals surface area (Å²) < 4.78 is 18.2. The molecule has 4 rings (SSSR count). The first-order chi connectivity index (χ1) is 16.5. The maximum atomic E-state index is 13.5. The topological polar surface area (TPSA) is 82.0 Å². The van der Waals surface area contributed by atoms with E-state index in [9.17, 15) is 9.59 Å². The number of aryl methyl sites for hydroxylation is 1. The quantitative estimate of drug-likeness (QED) is 0.536. The molecule has 1 unspecified atom stereocenters. The van der Waals surface area contributed by atoms with E-state index in [0.717, 1.165) is 24.2 Å². The molecule has 1 aromatic heterocycles. The van der Waals surface area contributed by atoms with Crippen molar-refractivity contribution >= 4 is 17.7 Å². The predicted molar refractivity (Wildman–Crippen MR) is 129 cm³/mol. The molecule has 0 saturated heterocycles. The number of rotatable bonds is 6. The molecule has 2 aromatic carbocycles. The summed E-state index contributed by atoms with van der Waals surface area (Å²) in [5.41, 5.74) is 2.94. The number of urea groups is 1. The number of carbonyl (C=O) groups is 2. The van der Waals surface area contributed by atoms with Crippen LogP contribution in [0.3, 0.4) is 0 Å². The summed E-state index contributed by atoms with van der Waals surface area (Å²) in [5.74, 6) is 0.930. The maximum absolute atomic E-state index is 13.5. The highest BCUT2D eigenvalue weighted by Crippen LogP contribution is 2.36. The lowest BCUT2D eigenvalue weighted by atomic mass is 10.0. The van der Waals surface area contributed by atoms with Gasteiger partial charge in [0.1, 0.15) is 11.5 Å². The Morgan fingerprint density at radius 3 is 2.35 bits per heavy atom. The zero-order valence-electron chi connectivity index (χ0n) is 19.6. The lowest BCUT2D eigenvalue weighted by molar-refractivity contribution is 0.0526. The second-order valence-corrected chi connectivity index (χ2v) is 7.95. The molecular weight excluding hydrogens is 434 g/mol. The van der Waals surface area contributed by atoms with Crippen LogP contribution in [0.15, 0.2) is 60.8 Å². The molecule has 0 aliphatic carbocycles. The van der Waals surface area contributed by atoms with Crippen LogP contribution in [0.5, 0.6) is 11.5 Å². The van der Waals surface area contributed by atoms with Crippen LogP contribution in [0.4, 0.5) is 10.5 Å². The van der Waals surface area contributed by atoms with Gasteiger partial charge in [0.2, 0.25) is 0 Å². The fourth-order valence-corrected chi connectivity index (χ4v) is 4.24. The van der Waals surface area contributed by atoms with Crippen molar-refractivity contribution in [2.75, 3.05) is 32.7 Å². The van der Waals surface area contributed by atoms with E-state index in [2.05, 4.69) is 9.88 Å². The smallest absolute Gasteiger partial charge is 0.338 e. The van der Waals surface area contributed by atoms with E-state index >= 15 is 0 Å². The molecular formula is C26H29N3O5. The summed E-state index contributed by atoms with van der Waals surface area (Å²) >= 11 is 0. The Bertz CT molecular complexity index is 1130. The van der Waals surface area contributed by atoms with E-state index in [1.165, 1.54) is 0 Å². The van der Waals surface area contributed by atoms with Gasteiger partial charge in [-0.1, -0.05) is 0 Å². The van der Waals surface area contributed by atoms with Crippen molar-refractivity contribution in [1.82, 2.24) is 9.47 Å². The van der Waals surface area contributed by atoms with Crippen LogP contribution in [0, 0.1) is 0 Å². The Kier molecular flexibility index (Phi) is 7.06. The van der Waals surface area contributed by atoms with Gasteiger partial charge < -0.3 is 29.0 Å². The number of carbonyl (C=O) groups excluding carboxylic acids is 2. The standard InChI is InChI=1S/C26H29N3O5/c1-4-34-25(30)18-8-10-20(11-9-18)27-26(31)29-14-6-13-28-12-5-7-23(28)24(29)19-15-21(32-2)17-22(16-19)33-3/h5,7-12,15-17,24H,4,6,13-14H2,1-3H3,(H,27,31). The minimum Gasteiger partial charge on any atom is -0.497 e. The first kappa shape index (κ1) is 23.2. The van der Waals surface area contributed by atoms with Gasteiger partial charge >= 0.3 is 12.0 Å². The van der Waals surface area contributed by atoms with Crippen molar-refractivity contribution in [1.29, 1.82) is 0 Å². The Labute approximate surface area is 199 Å². The monoisotopic (exact) mass is 463 g/mol. The van der Waals surface area contributed by atoms with Crippen LogP contribution in [0.2, 0.25) is 0 Å². The summed E-state index contributed by atoms with van der Waals surface area (Å²) in [7, 11) is 3.22. The van der Waals surface area contributed by atoms with Crippen LogP contribution < -0.4 is 14.8 Å². The largest absolute Gasteiger partial charge is 0.497 e. The molecule has 0 fully saturated rings. The number of esters is 1. The Balaban J connectivity index is 1.65. The van der Waals surface area contributed by atoms with Gasteiger partial charge in [0, 0.05) is 36.7 Å². The average molecular weight is 464 g/mol. The van der Waals surface area contributed by atoms with Crippen molar-refractivity contribution in [3.05, 3.63) is 77.6 Å². The van der Waals surface area contributed by atoms with Gasteiger partial charge in [-0.15, -0.1) is 0 Å². The van der Waals surface area contributed by atoms with E-state index in [4.69, 9.17) is 14.2 Å². The van der Waals surface area contributed by atoms with E-state index in [1.807, 2.05) is 41.4 Å². The van der Waals surface area contributed by atoms with Crippen molar-refractivity contribution < 1.29 is 23.8 Å². The molecule has 3 aromatic rings. The minimum atomic E-state index is -0.388. The van der Waals surface area contributed by atoms with E-state index in [1.54, 1.807) is 45.4 Å². The third kappa shape index (κ3) is 4.85. The fourth-order valence-electron chi connectivity index (χ4n) is 4.24. The zero-order valence-corrected chi connectivity index (χ0v) is 19.6. The highest BCUT2D eigenvalue weighted by Gasteiger charge is 2.31. The second-order valence-electron chi connectivity index (χ2n) is 7.95. The fraction of sp³-hybridized carbons (Fsp3) is 0.308. The van der Waals surface area contributed by atoms with Crippen molar-refractivity contribution in [2.24, 2.45) is 0 Å². The first-order valence-electron chi connectivity index (χ1n) is 11.3. The lowest BCUT2D eigenvalue weighted by Gasteiger charge is -2.31. The third-order valence-electron chi connectivity index (χ3n) is 5.85. The maximum Gasteiger partial charge on any atom is 0.338 e. The van der Waals surface area contributed by atoms with Crippen LogP contribution in [-0.2, 0) is 11.3 Å². The van der Waals surface area contributed by atoms with Crippen LogP contribution in [-0.4, -0.2) is 48.8 Å². The van der Waals surface area contributed by atoms with Gasteiger partial charge in [-0.3, -0.25) is 0 Å². The average Bonchev–Trinajstić information content (AvgIpc) is 3.23. The molecule has 1 atom stereocenters. The minimum absolute atomic E-state index is 0.231. The molecule has 0 saturated carbocycles. The van der Waals surface area contributed by atoms with Crippen molar-refractivity contribution in [3.8, 4) is 11.5 Å². The van der Waals surface area contributed by atoms with Gasteiger partial charge in [0.15, 0.2) is 0 Å². The molecule has 0 spiro atoms. The van der Waals surface area contributed by atoms with Gasteiger partial charge in [-0.25, -0.2) is 9.59 Å². The SMILES string of the molecule is CCOC(=O)c1ccc(NC(=O)N2CCCn3cccc3C2c2cc(OC)cc(OC)c2)cc1. The van der Waals surface area contributed by atoms with Gasteiger partial charge in [0.05, 0.1) is 32.4 Å². The van der Waals surface area contributed by atoms with E-state index in [-0.39, 0.29) is 18.0 Å². The first-order valence-corrected chi connectivity index (χ1v) is 11.3. The predicted octanol–water partition coefficient (Wildman–Crippen LogP) is 4.71.